The van der Waals surface area contributed by atoms with E-state index in [2.05, 4.69) is 0 Å². The average molecular weight is 293 g/mol. The number of benzene rings is 1. The summed E-state index contributed by atoms with van der Waals surface area (Å²) in [5, 5.41) is 0. The molecule has 0 aliphatic carbocycles. The molecular weight excluding hydrogens is 270 g/mol. The molecule has 0 fully saturated rings. The molecule has 2 N–H and O–H groups in total. The Hall–Kier alpha value is -1.88. The van der Waals surface area contributed by atoms with Crippen molar-refractivity contribution < 1.29 is 19.1 Å². The smallest absolute Gasteiger partial charge is 0.339 e. The summed E-state index contributed by atoms with van der Waals surface area (Å²) in [6.07, 6.45) is 3.26. The molecule has 5 nitrogen and oxygen atoms in total. The number of rotatable bonds is 9. The summed E-state index contributed by atoms with van der Waals surface area (Å²) in [5.41, 5.74) is 5.87. The zero-order valence-corrected chi connectivity index (χ0v) is 12.5. The molecule has 0 radical (unpaired) electrons. The summed E-state index contributed by atoms with van der Waals surface area (Å²) in [4.78, 5) is 24.0. The SMILES string of the molecule is CCCCOC(=O)c1ccccc1C(=O)OCCCCN. The minimum absolute atomic E-state index is 0.242. The number of hydrogen-bond acceptors (Lipinski definition) is 5. The van der Waals surface area contributed by atoms with Gasteiger partial charge in [-0.2, -0.15) is 0 Å². The second-order valence-corrected chi connectivity index (χ2v) is 4.67. The lowest BCUT2D eigenvalue weighted by molar-refractivity contribution is 0.0452. The standard InChI is InChI=1S/C16H23NO4/c1-2-3-11-20-15(18)13-8-4-5-9-14(13)16(19)21-12-7-6-10-17/h4-5,8-9H,2-3,6-7,10-12,17H2,1H3. The third-order valence-corrected chi connectivity index (χ3v) is 2.93. The van der Waals surface area contributed by atoms with Crippen LogP contribution in [0, 0.1) is 0 Å². The molecule has 1 aromatic rings. The molecule has 0 atom stereocenters. The van der Waals surface area contributed by atoms with Crippen LogP contribution in [-0.4, -0.2) is 31.7 Å². The van der Waals surface area contributed by atoms with Crippen molar-refractivity contribution in [3.8, 4) is 0 Å². The Morgan fingerprint density at radius 3 is 1.95 bits per heavy atom. The van der Waals surface area contributed by atoms with E-state index in [0.29, 0.717) is 26.2 Å². The molecule has 0 aliphatic rings. The molecule has 0 amide bonds. The molecule has 1 aromatic carbocycles. The molecule has 0 spiro atoms. The summed E-state index contributed by atoms with van der Waals surface area (Å²) in [7, 11) is 0. The van der Waals surface area contributed by atoms with Crippen LogP contribution in [0.3, 0.4) is 0 Å². The van der Waals surface area contributed by atoms with Crippen molar-refractivity contribution in [2.24, 2.45) is 5.73 Å². The predicted molar refractivity (Wildman–Crippen MR) is 80.2 cm³/mol. The van der Waals surface area contributed by atoms with E-state index in [1.54, 1.807) is 24.3 Å². The highest BCUT2D eigenvalue weighted by atomic mass is 16.5. The molecule has 0 heterocycles. The second kappa shape index (κ2) is 9.94. The van der Waals surface area contributed by atoms with Crippen molar-refractivity contribution in [2.75, 3.05) is 19.8 Å². The van der Waals surface area contributed by atoms with Gasteiger partial charge in [-0.05, 0) is 37.9 Å². The zero-order chi connectivity index (χ0) is 15.5. The van der Waals surface area contributed by atoms with Crippen molar-refractivity contribution in [3.05, 3.63) is 35.4 Å². The summed E-state index contributed by atoms with van der Waals surface area (Å²) in [6.45, 7) is 3.24. The minimum Gasteiger partial charge on any atom is -0.462 e. The molecule has 0 saturated carbocycles. The fourth-order valence-corrected chi connectivity index (χ4v) is 1.72. The van der Waals surface area contributed by atoms with E-state index in [4.69, 9.17) is 15.2 Å². The maximum Gasteiger partial charge on any atom is 0.339 e. The van der Waals surface area contributed by atoms with Crippen molar-refractivity contribution >= 4 is 11.9 Å². The lowest BCUT2D eigenvalue weighted by Gasteiger charge is -2.09. The summed E-state index contributed by atoms with van der Waals surface area (Å²) < 4.78 is 10.3. The van der Waals surface area contributed by atoms with Crippen LogP contribution in [-0.2, 0) is 9.47 Å². The molecule has 0 aromatic heterocycles. The number of carbonyl (C=O) groups is 2. The first-order valence-corrected chi connectivity index (χ1v) is 7.34. The fraction of sp³-hybridized carbons (Fsp3) is 0.500. The Kier molecular flexibility index (Phi) is 8.12. The van der Waals surface area contributed by atoms with Crippen LogP contribution in [0.5, 0.6) is 0 Å². The quantitative estimate of drug-likeness (QED) is 0.559. The van der Waals surface area contributed by atoms with Gasteiger partial charge in [0.1, 0.15) is 0 Å². The first-order valence-electron chi connectivity index (χ1n) is 7.34. The molecule has 21 heavy (non-hydrogen) atoms. The highest BCUT2D eigenvalue weighted by molar-refractivity contribution is 6.03. The molecule has 0 bridgehead atoms. The predicted octanol–water partition coefficient (Wildman–Crippen LogP) is 2.54. The van der Waals surface area contributed by atoms with Gasteiger partial charge in [-0.1, -0.05) is 25.5 Å². The number of hydrogen-bond donors (Lipinski definition) is 1. The van der Waals surface area contributed by atoms with E-state index in [9.17, 15) is 9.59 Å². The van der Waals surface area contributed by atoms with Gasteiger partial charge in [0, 0.05) is 0 Å². The molecule has 5 heteroatoms. The van der Waals surface area contributed by atoms with Gasteiger partial charge in [-0.15, -0.1) is 0 Å². The maximum atomic E-state index is 12.0. The van der Waals surface area contributed by atoms with Gasteiger partial charge >= 0.3 is 11.9 Å². The van der Waals surface area contributed by atoms with Crippen molar-refractivity contribution in [1.29, 1.82) is 0 Å². The Morgan fingerprint density at radius 2 is 1.48 bits per heavy atom. The van der Waals surface area contributed by atoms with Crippen LogP contribution < -0.4 is 5.73 Å². The number of esters is 2. The normalized spacial score (nSPS) is 10.2. The summed E-state index contributed by atoms with van der Waals surface area (Å²) in [6, 6.07) is 6.54. The lowest BCUT2D eigenvalue weighted by Crippen LogP contribution is -2.15. The van der Waals surface area contributed by atoms with Crippen LogP contribution in [0.2, 0.25) is 0 Å². The number of carbonyl (C=O) groups excluding carboxylic acids is 2. The summed E-state index contributed by atoms with van der Waals surface area (Å²) >= 11 is 0. The van der Waals surface area contributed by atoms with Gasteiger partial charge < -0.3 is 15.2 Å². The van der Waals surface area contributed by atoms with Crippen molar-refractivity contribution in [2.45, 2.75) is 32.6 Å². The number of ether oxygens (including phenoxy) is 2. The van der Waals surface area contributed by atoms with Crippen LogP contribution in [0.1, 0.15) is 53.3 Å². The van der Waals surface area contributed by atoms with Crippen LogP contribution >= 0.6 is 0 Å². The minimum atomic E-state index is -0.505. The largest absolute Gasteiger partial charge is 0.462 e. The van der Waals surface area contributed by atoms with Crippen LogP contribution in [0.25, 0.3) is 0 Å². The Labute approximate surface area is 125 Å². The third kappa shape index (κ3) is 5.95. The summed E-state index contributed by atoms with van der Waals surface area (Å²) in [5.74, 6) is -0.993. The number of unbranched alkanes of at least 4 members (excludes halogenated alkanes) is 2. The highest BCUT2D eigenvalue weighted by Crippen LogP contribution is 2.12. The van der Waals surface area contributed by atoms with Crippen LogP contribution in [0.4, 0.5) is 0 Å². The molecule has 0 unspecified atom stereocenters. The van der Waals surface area contributed by atoms with Gasteiger partial charge in [0.25, 0.3) is 0 Å². The molecule has 0 aliphatic heterocycles. The second-order valence-electron chi connectivity index (χ2n) is 4.67. The first kappa shape index (κ1) is 17.2. The van der Waals surface area contributed by atoms with Crippen molar-refractivity contribution in [1.82, 2.24) is 0 Å². The monoisotopic (exact) mass is 293 g/mol. The van der Waals surface area contributed by atoms with E-state index < -0.39 is 11.9 Å². The van der Waals surface area contributed by atoms with Crippen molar-refractivity contribution in [3.63, 3.8) is 0 Å². The van der Waals surface area contributed by atoms with Gasteiger partial charge in [0.2, 0.25) is 0 Å². The van der Waals surface area contributed by atoms with Crippen LogP contribution in [0.15, 0.2) is 24.3 Å². The lowest BCUT2D eigenvalue weighted by atomic mass is 10.1. The van der Waals surface area contributed by atoms with Gasteiger partial charge in [-0.3, -0.25) is 0 Å². The van der Waals surface area contributed by atoms with E-state index in [1.165, 1.54) is 0 Å². The fourth-order valence-electron chi connectivity index (χ4n) is 1.72. The Balaban J connectivity index is 2.65. The maximum absolute atomic E-state index is 12.0. The third-order valence-electron chi connectivity index (χ3n) is 2.93. The average Bonchev–Trinajstić information content (AvgIpc) is 2.51. The van der Waals surface area contributed by atoms with Gasteiger partial charge in [-0.25, -0.2) is 9.59 Å². The van der Waals surface area contributed by atoms with Gasteiger partial charge in [0.15, 0.2) is 0 Å². The van der Waals surface area contributed by atoms with E-state index in [1.807, 2.05) is 6.92 Å². The topological polar surface area (TPSA) is 78.6 Å². The van der Waals surface area contributed by atoms with Gasteiger partial charge in [0.05, 0.1) is 24.3 Å². The van der Waals surface area contributed by atoms with E-state index in [-0.39, 0.29) is 11.1 Å². The van der Waals surface area contributed by atoms with E-state index in [0.717, 1.165) is 19.3 Å². The molecular formula is C16H23NO4. The molecule has 116 valence electrons. The number of nitrogens with two attached hydrogens (primary N) is 1. The molecule has 0 saturated heterocycles. The first-order chi connectivity index (χ1) is 10.2. The molecule has 1 rings (SSSR count). The highest BCUT2D eigenvalue weighted by Gasteiger charge is 2.18. The zero-order valence-electron chi connectivity index (χ0n) is 12.5. The Morgan fingerprint density at radius 1 is 0.952 bits per heavy atom. The van der Waals surface area contributed by atoms with E-state index >= 15 is 0 Å². The Bertz CT molecular complexity index is 459.